The van der Waals surface area contributed by atoms with Gasteiger partial charge in [0, 0.05) is 37.7 Å². The van der Waals surface area contributed by atoms with E-state index in [2.05, 4.69) is 17.4 Å². The second kappa shape index (κ2) is 10.1. The fraction of sp³-hybridized carbons (Fsp3) is 0.480. The lowest BCUT2D eigenvalue weighted by molar-refractivity contribution is -0.133. The highest BCUT2D eigenvalue weighted by Gasteiger charge is 2.34. The summed E-state index contributed by atoms with van der Waals surface area (Å²) < 4.78 is 0. The molecule has 0 radical (unpaired) electrons. The van der Waals surface area contributed by atoms with Gasteiger partial charge in [-0.3, -0.25) is 19.3 Å². The lowest BCUT2D eigenvalue weighted by Crippen LogP contribution is -2.40. The van der Waals surface area contributed by atoms with E-state index in [1.165, 1.54) is 12.5 Å². The summed E-state index contributed by atoms with van der Waals surface area (Å²) in [6.45, 7) is 4.54. The van der Waals surface area contributed by atoms with E-state index in [9.17, 15) is 14.4 Å². The molecule has 0 bridgehead atoms. The SMILES string of the molecule is CC(=O)NCC(=O)N1CCC[C@@H]1c1nc(C)c2c(n1)N(CCCc1ccccc1)C(=O)CC2. The van der Waals surface area contributed by atoms with Gasteiger partial charge in [0.15, 0.2) is 5.82 Å². The third kappa shape index (κ3) is 5.21. The highest BCUT2D eigenvalue weighted by atomic mass is 16.2. The molecule has 2 aliphatic heterocycles. The van der Waals surface area contributed by atoms with Crippen molar-refractivity contribution in [3.05, 3.63) is 53.0 Å². The molecule has 3 heterocycles. The van der Waals surface area contributed by atoms with E-state index in [0.29, 0.717) is 37.6 Å². The molecule has 2 aromatic rings. The van der Waals surface area contributed by atoms with Crippen molar-refractivity contribution in [1.29, 1.82) is 0 Å². The molecule has 0 saturated carbocycles. The first-order chi connectivity index (χ1) is 15.9. The minimum Gasteiger partial charge on any atom is -0.347 e. The van der Waals surface area contributed by atoms with Gasteiger partial charge in [-0.15, -0.1) is 0 Å². The van der Waals surface area contributed by atoms with E-state index < -0.39 is 0 Å². The van der Waals surface area contributed by atoms with Gasteiger partial charge in [0.1, 0.15) is 5.82 Å². The Bertz CT molecular complexity index is 1040. The molecule has 1 atom stereocenters. The average molecular weight is 450 g/mol. The van der Waals surface area contributed by atoms with Crippen LogP contribution in [0.3, 0.4) is 0 Å². The zero-order valence-electron chi connectivity index (χ0n) is 19.3. The Kier molecular flexibility index (Phi) is 7.01. The van der Waals surface area contributed by atoms with E-state index in [0.717, 1.165) is 36.9 Å². The van der Waals surface area contributed by atoms with Crippen LogP contribution in [0.5, 0.6) is 0 Å². The van der Waals surface area contributed by atoms with Crippen molar-refractivity contribution in [2.75, 3.05) is 24.5 Å². The van der Waals surface area contributed by atoms with Gasteiger partial charge in [0.2, 0.25) is 17.7 Å². The maximum absolute atomic E-state index is 12.8. The lowest BCUT2D eigenvalue weighted by Gasteiger charge is -2.31. The van der Waals surface area contributed by atoms with Crippen LogP contribution in [-0.4, -0.2) is 52.2 Å². The van der Waals surface area contributed by atoms with Crippen molar-refractivity contribution in [1.82, 2.24) is 20.2 Å². The summed E-state index contributed by atoms with van der Waals surface area (Å²) in [5, 5.41) is 2.58. The number of carbonyl (C=O) groups is 3. The Morgan fingerprint density at radius 2 is 1.94 bits per heavy atom. The van der Waals surface area contributed by atoms with Gasteiger partial charge in [0.25, 0.3) is 0 Å². The molecule has 174 valence electrons. The van der Waals surface area contributed by atoms with Gasteiger partial charge in [-0.25, -0.2) is 9.97 Å². The molecule has 1 aromatic carbocycles. The standard InChI is InChI=1S/C25H31N5O3/c1-17-20-12-13-22(32)30(15-6-10-19-8-4-3-5-9-19)25(20)28-24(27-17)21-11-7-14-29(21)23(33)16-26-18(2)31/h3-5,8-9,21H,6-7,10-16H2,1-2H3,(H,26,31)/t21-/m1/s1. The molecule has 4 rings (SSSR count). The highest BCUT2D eigenvalue weighted by molar-refractivity contribution is 5.95. The minimum absolute atomic E-state index is 0.0279. The number of fused-ring (bicyclic) bond motifs is 1. The van der Waals surface area contributed by atoms with Crippen molar-refractivity contribution in [3.63, 3.8) is 0 Å². The van der Waals surface area contributed by atoms with Gasteiger partial charge in [-0.1, -0.05) is 30.3 Å². The second-order valence-corrected chi connectivity index (χ2v) is 8.76. The minimum atomic E-state index is -0.238. The lowest BCUT2D eigenvalue weighted by atomic mass is 10.0. The molecule has 33 heavy (non-hydrogen) atoms. The first-order valence-corrected chi connectivity index (χ1v) is 11.7. The van der Waals surface area contributed by atoms with Crippen molar-refractivity contribution < 1.29 is 14.4 Å². The van der Waals surface area contributed by atoms with E-state index >= 15 is 0 Å². The van der Waals surface area contributed by atoms with Crippen LogP contribution in [-0.2, 0) is 27.2 Å². The van der Waals surface area contributed by atoms with E-state index in [-0.39, 0.29) is 30.3 Å². The zero-order chi connectivity index (χ0) is 23.4. The number of aryl methyl sites for hydroxylation is 2. The molecule has 0 spiro atoms. The topological polar surface area (TPSA) is 95.5 Å². The Balaban J connectivity index is 1.54. The Labute approximate surface area is 194 Å². The number of likely N-dealkylation sites (tertiary alicyclic amines) is 1. The number of nitrogens with one attached hydrogen (secondary N) is 1. The van der Waals surface area contributed by atoms with E-state index in [4.69, 9.17) is 9.97 Å². The molecular weight excluding hydrogens is 418 g/mol. The molecule has 1 fully saturated rings. The van der Waals surface area contributed by atoms with Crippen molar-refractivity contribution in [2.24, 2.45) is 0 Å². The van der Waals surface area contributed by atoms with Crippen molar-refractivity contribution in [3.8, 4) is 0 Å². The first-order valence-electron chi connectivity index (χ1n) is 11.7. The molecule has 2 aliphatic rings. The molecule has 8 nitrogen and oxygen atoms in total. The first kappa shape index (κ1) is 22.9. The molecule has 0 unspecified atom stereocenters. The largest absolute Gasteiger partial charge is 0.347 e. The Morgan fingerprint density at radius 1 is 1.15 bits per heavy atom. The Hall–Kier alpha value is -3.29. The summed E-state index contributed by atoms with van der Waals surface area (Å²) >= 11 is 0. The van der Waals surface area contributed by atoms with E-state index in [1.807, 2.05) is 25.1 Å². The van der Waals surface area contributed by atoms with Crippen LogP contribution in [0.25, 0.3) is 0 Å². The van der Waals surface area contributed by atoms with Gasteiger partial charge >= 0.3 is 0 Å². The molecular formula is C25H31N5O3. The van der Waals surface area contributed by atoms with Crippen LogP contribution in [0.15, 0.2) is 30.3 Å². The number of rotatable bonds is 7. The van der Waals surface area contributed by atoms with Crippen LogP contribution < -0.4 is 10.2 Å². The molecule has 8 heteroatoms. The van der Waals surface area contributed by atoms with Crippen LogP contribution in [0.1, 0.15) is 61.3 Å². The van der Waals surface area contributed by atoms with Gasteiger partial charge in [0.05, 0.1) is 12.6 Å². The summed E-state index contributed by atoms with van der Waals surface area (Å²) in [4.78, 5) is 49.9. The molecule has 1 saturated heterocycles. The number of nitrogens with zero attached hydrogens (tertiary/aromatic N) is 4. The third-order valence-corrected chi connectivity index (χ3v) is 6.40. The van der Waals surface area contributed by atoms with Crippen molar-refractivity contribution in [2.45, 2.75) is 58.4 Å². The number of anilines is 1. The van der Waals surface area contributed by atoms with Crippen molar-refractivity contribution >= 4 is 23.5 Å². The van der Waals surface area contributed by atoms with Gasteiger partial charge in [-0.05, 0) is 44.6 Å². The van der Waals surface area contributed by atoms with Crippen LogP contribution in [0.2, 0.25) is 0 Å². The van der Waals surface area contributed by atoms with Crippen LogP contribution in [0.4, 0.5) is 5.82 Å². The van der Waals surface area contributed by atoms with Crippen LogP contribution in [0, 0.1) is 6.92 Å². The maximum Gasteiger partial charge on any atom is 0.242 e. The average Bonchev–Trinajstić information content (AvgIpc) is 3.29. The zero-order valence-corrected chi connectivity index (χ0v) is 19.3. The Morgan fingerprint density at radius 3 is 2.70 bits per heavy atom. The smallest absolute Gasteiger partial charge is 0.242 e. The fourth-order valence-corrected chi connectivity index (χ4v) is 4.70. The molecule has 0 aliphatic carbocycles. The predicted molar refractivity (Wildman–Crippen MR) is 125 cm³/mol. The summed E-state index contributed by atoms with van der Waals surface area (Å²) in [5.41, 5.74) is 3.14. The quantitative estimate of drug-likeness (QED) is 0.701. The van der Waals surface area contributed by atoms with Gasteiger partial charge in [-0.2, -0.15) is 0 Å². The van der Waals surface area contributed by atoms with E-state index in [1.54, 1.807) is 9.80 Å². The second-order valence-electron chi connectivity index (χ2n) is 8.76. The third-order valence-electron chi connectivity index (χ3n) is 6.40. The number of carbonyl (C=O) groups excluding carboxylic acids is 3. The highest BCUT2D eigenvalue weighted by Crippen LogP contribution is 2.34. The summed E-state index contributed by atoms with van der Waals surface area (Å²) in [6.07, 6.45) is 4.48. The summed E-state index contributed by atoms with van der Waals surface area (Å²) in [7, 11) is 0. The predicted octanol–water partition coefficient (Wildman–Crippen LogP) is 2.50. The normalized spacial score (nSPS) is 17.8. The molecule has 3 amide bonds. The number of hydrogen-bond donors (Lipinski definition) is 1. The van der Waals surface area contributed by atoms with Gasteiger partial charge < -0.3 is 10.2 Å². The number of amides is 3. The number of hydrogen-bond acceptors (Lipinski definition) is 5. The maximum atomic E-state index is 12.8. The number of aromatic nitrogens is 2. The fourth-order valence-electron chi connectivity index (χ4n) is 4.70. The summed E-state index contributed by atoms with van der Waals surface area (Å²) in [6, 6.07) is 10.0. The van der Waals surface area contributed by atoms with Crippen LogP contribution >= 0.6 is 0 Å². The monoisotopic (exact) mass is 449 g/mol. The summed E-state index contributed by atoms with van der Waals surface area (Å²) in [5.74, 6) is 1.00. The molecule has 1 N–H and O–H groups in total. The number of benzene rings is 1. The molecule has 1 aromatic heterocycles.